The van der Waals surface area contributed by atoms with Gasteiger partial charge in [-0.3, -0.25) is 19.5 Å². The van der Waals surface area contributed by atoms with E-state index < -0.39 is 29.3 Å². The number of carbonyl (C=O) groups excluding carboxylic acids is 2. The molecule has 1 unspecified atom stereocenters. The van der Waals surface area contributed by atoms with E-state index in [2.05, 4.69) is 15.2 Å². The van der Waals surface area contributed by atoms with Crippen LogP contribution in [0.4, 0.5) is 9.52 Å². The number of aryl methyl sites for hydroxylation is 1. The molecule has 2 aromatic carbocycles. The number of thioether (sulfide) groups is 1. The topological polar surface area (TPSA) is 96.3 Å². The van der Waals surface area contributed by atoms with E-state index in [1.165, 1.54) is 54.5 Å². The number of halogens is 1. The number of hydrogen-bond donors (Lipinski definition) is 1. The van der Waals surface area contributed by atoms with Crippen molar-refractivity contribution in [1.82, 2.24) is 15.2 Å². The number of benzene rings is 2. The normalized spacial score (nSPS) is 17.1. The van der Waals surface area contributed by atoms with Gasteiger partial charge in [0.25, 0.3) is 5.78 Å². The molecule has 5 rings (SSSR count). The van der Waals surface area contributed by atoms with Gasteiger partial charge in [-0.1, -0.05) is 71.1 Å². The first-order valence-corrected chi connectivity index (χ1v) is 12.7. The SMILES string of the molecule is Cc1ccc(CSc2nnc(N3C(=O)C(=O)/C(=C(/O)c4ccncc4)C3c3ccccc3F)s2)cc1. The number of carbonyl (C=O) groups is 2. The summed E-state index contributed by atoms with van der Waals surface area (Å²) in [6, 6.07) is 15.8. The predicted octanol–water partition coefficient (Wildman–Crippen LogP) is 5.30. The summed E-state index contributed by atoms with van der Waals surface area (Å²) in [5.74, 6) is -2.22. The zero-order valence-electron chi connectivity index (χ0n) is 19.0. The van der Waals surface area contributed by atoms with Gasteiger partial charge in [0.15, 0.2) is 4.34 Å². The lowest BCUT2D eigenvalue weighted by molar-refractivity contribution is -0.132. The minimum atomic E-state index is -1.21. The van der Waals surface area contributed by atoms with E-state index in [1.807, 2.05) is 31.2 Å². The van der Waals surface area contributed by atoms with Crippen molar-refractivity contribution >= 4 is 45.7 Å². The van der Waals surface area contributed by atoms with Gasteiger partial charge in [0.1, 0.15) is 17.6 Å². The average Bonchev–Trinajstić information content (AvgIpc) is 3.46. The number of nitrogens with zero attached hydrogens (tertiary/aromatic N) is 4. The molecule has 1 atom stereocenters. The fourth-order valence-corrected chi connectivity index (χ4v) is 5.70. The molecule has 0 bridgehead atoms. The molecule has 4 aromatic rings. The van der Waals surface area contributed by atoms with Crippen LogP contribution in [0.15, 0.2) is 83.0 Å². The summed E-state index contributed by atoms with van der Waals surface area (Å²) in [5.41, 5.74) is 2.40. The van der Waals surface area contributed by atoms with Crippen LogP contribution in [0.3, 0.4) is 0 Å². The molecule has 36 heavy (non-hydrogen) atoms. The second-order valence-electron chi connectivity index (χ2n) is 8.05. The quantitative estimate of drug-likeness (QED) is 0.122. The van der Waals surface area contributed by atoms with Gasteiger partial charge in [-0.2, -0.15) is 0 Å². The third-order valence-corrected chi connectivity index (χ3v) is 7.81. The number of aliphatic hydroxyl groups excluding tert-OH is 1. The second-order valence-corrected chi connectivity index (χ2v) is 10.2. The maximum absolute atomic E-state index is 15.0. The van der Waals surface area contributed by atoms with E-state index in [9.17, 15) is 19.1 Å². The van der Waals surface area contributed by atoms with Crippen molar-refractivity contribution < 1.29 is 19.1 Å². The smallest absolute Gasteiger partial charge is 0.301 e. The summed E-state index contributed by atoms with van der Waals surface area (Å²) in [4.78, 5) is 31.4. The lowest BCUT2D eigenvalue weighted by Gasteiger charge is -2.22. The largest absolute Gasteiger partial charge is 0.507 e. The van der Waals surface area contributed by atoms with Crippen LogP contribution in [0.25, 0.3) is 5.76 Å². The van der Waals surface area contributed by atoms with Gasteiger partial charge < -0.3 is 5.11 Å². The molecule has 0 spiro atoms. The van der Waals surface area contributed by atoms with Crippen LogP contribution in [-0.4, -0.2) is 32.0 Å². The van der Waals surface area contributed by atoms with Crippen molar-refractivity contribution in [2.45, 2.75) is 23.1 Å². The van der Waals surface area contributed by atoms with Gasteiger partial charge in [0.2, 0.25) is 5.13 Å². The molecule has 0 aliphatic carbocycles. The number of aliphatic hydroxyl groups is 1. The van der Waals surface area contributed by atoms with Crippen LogP contribution in [0.1, 0.15) is 28.3 Å². The Labute approximate surface area is 214 Å². The maximum atomic E-state index is 15.0. The molecular formula is C26H19FN4O3S2. The molecular weight excluding hydrogens is 499 g/mol. The highest BCUT2D eigenvalue weighted by Crippen LogP contribution is 2.44. The highest BCUT2D eigenvalue weighted by molar-refractivity contribution is 8.00. The fourth-order valence-electron chi connectivity index (χ4n) is 3.87. The molecule has 1 aliphatic rings. The van der Waals surface area contributed by atoms with Crippen molar-refractivity contribution in [3.8, 4) is 0 Å². The van der Waals surface area contributed by atoms with Crippen molar-refractivity contribution in [3.63, 3.8) is 0 Å². The fraction of sp³-hybridized carbons (Fsp3) is 0.115. The summed E-state index contributed by atoms with van der Waals surface area (Å²) in [6.07, 6.45) is 2.90. The molecule has 1 N–H and O–H groups in total. The number of hydrogen-bond acceptors (Lipinski definition) is 8. The van der Waals surface area contributed by atoms with Gasteiger partial charge in [-0.05, 0) is 30.7 Å². The summed E-state index contributed by atoms with van der Waals surface area (Å²) < 4.78 is 15.6. The standard InChI is InChI=1S/C26H19FN4O3S2/c1-15-6-8-16(9-7-15)14-35-26-30-29-25(36-26)31-21(18-4-2-3-5-19(18)27)20(23(33)24(31)34)22(32)17-10-12-28-13-11-17/h2-13,21,32H,14H2,1H3/b22-20+. The number of pyridine rings is 1. The number of rotatable bonds is 6. The average molecular weight is 519 g/mol. The lowest BCUT2D eigenvalue weighted by Crippen LogP contribution is -2.29. The van der Waals surface area contributed by atoms with E-state index in [0.717, 1.165) is 27.4 Å². The predicted molar refractivity (Wildman–Crippen MR) is 136 cm³/mol. The van der Waals surface area contributed by atoms with Gasteiger partial charge in [0.05, 0.1) is 5.57 Å². The Morgan fingerprint density at radius 1 is 1.06 bits per heavy atom. The van der Waals surface area contributed by atoms with Crippen LogP contribution in [0.5, 0.6) is 0 Å². The third kappa shape index (κ3) is 4.52. The molecule has 1 amide bonds. The van der Waals surface area contributed by atoms with Gasteiger partial charge in [-0.25, -0.2) is 4.39 Å². The van der Waals surface area contributed by atoms with Crippen molar-refractivity contribution in [1.29, 1.82) is 0 Å². The lowest BCUT2D eigenvalue weighted by atomic mass is 9.95. The molecule has 2 aromatic heterocycles. The molecule has 7 nitrogen and oxygen atoms in total. The third-order valence-electron chi connectivity index (χ3n) is 5.68. The zero-order chi connectivity index (χ0) is 25.2. The van der Waals surface area contributed by atoms with Crippen LogP contribution in [0, 0.1) is 12.7 Å². The Morgan fingerprint density at radius 3 is 2.50 bits per heavy atom. The van der Waals surface area contributed by atoms with Crippen LogP contribution in [0.2, 0.25) is 0 Å². The van der Waals surface area contributed by atoms with E-state index in [0.29, 0.717) is 10.1 Å². The highest BCUT2D eigenvalue weighted by Gasteiger charge is 2.49. The van der Waals surface area contributed by atoms with Crippen LogP contribution in [-0.2, 0) is 15.3 Å². The molecule has 10 heteroatoms. The highest BCUT2D eigenvalue weighted by atomic mass is 32.2. The van der Waals surface area contributed by atoms with E-state index in [1.54, 1.807) is 6.07 Å². The van der Waals surface area contributed by atoms with E-state index in [-0.39, 0.29) is 21.8 Å². The minimum absolute atomic E-state index is 0.0661. The van der Waals surface area contributed by atoms with Crippen molar-refractivity contribution in [2.75, 3.05) is 4.90 Å². The maximum Gasteiger partial charge on any atom is 0.301 e. The number of Topliss-reactive ketones (excluding diaryl/α,β-unsaturated/α-hetero) is 1. The Morgan fingerprint density at radius 2 is 1.78 bits per heavy atom. The molecule has 0 saturated carbocycles. The molecule has 3 heterocycles. The monoisotopic (exact) mass is 518 g/mol. The van der Waals surface area contributed by atoms with Gasteiger partial charge >= 0.3 is 5.91 Å². The van der Waals surface area contributed by atoms with Crippen LogP contribution < -0.4 is 4.90 Å². The first kappa shape index (κ1) is 23.8. The number of aromatic nitrogens is 3. The first-order valence-electron chi connectivity index (χ1n) is 10.9. The van der Waals surface area contributed by atoms with Crippen molar-refractivity contribution in [2.24, 2.45) is 0 Å². The molecule has 1 saturated heterocycles. The van der Waals surface area contributed by atoms with Gasteiger partial charge in [0, 0.05) is 29.3 Å². The number of amides is 1. The van der Waals surface area contributed by atoms with Crippen molar-refractivity contribution in [3.05, 3.63) is 107 Å². The first-order chi connectivity index (χ1) is 17.4. The number of anilines is 1. The zero-order valence-corrected chi connectivity index (χ0v) is 20.6. The number of ketones is 1. The van der Waals surface area contributed by atoms with E-state index in [4.69, 9.17) is 0 Å². The second kappa shape index (κ2) is 10.00. The molecule has 0 radical (unpaired) electrons. The summed E-state index contributed by atoms with van der Waals surface area (Å²) in [6.45, 7) is 2.02. The summed E-state index contributed by atoms with van der Waals surface area (Å²) in [7, 11) is 0. The summed E-state index contributed by atoms with van der Waals surface area (Å²) >= 11 is 2.57. The Bertz CT molecular complexity index is 1470. The molecule has 180 valence electrons. The Kier molecular flexibility index (Phi) is 6.62. The molecule has 1 aliphatic heterocycles. The summed E-state index contributed by atoms with van der Waals surface area (Å²) in [5, 5.41) is 19.5. The Hall–Kier alpha value is -3.89. The van der Waals surface area contributed by atoms with E-state index >= 15 is 0 Å². The van der Waals surface area contributed by atoms with Crippen LogP contribution >= 0.6 is 23.1 Å². The minimum Gasteiger partial charge on any atom is -0.507 e. The van der Waals surface area contributed by atoms with Gasteiger partial charge in [-0.15, -0.1) is 10.2 Å². The molecule has 1 fully saturated rings. The Balaban J connectivity index is 1.54.